The van der Waals surface area contributed by atoms with Gasteiger partial charge in [-0.15, -0.1) is 11.3 Å². The van der Waals surface area contributed by atoms with Gasteiger partial charge in [-0.1, -0.05) is 18.2 Å². The van der Waals surface area contributed by atoms with Gasteiger partial charge in [-0.3, -0.25) is 4.79 Å². The highest BCUT2D eigenvalue weighted by Crippen LogP contribution is 2.18. The zero-order chi connectivity index (χ0) is 13.9. The summed E-state index contributed by atoms with van der Waals surface area (Å²) in [7, 11) is -3.58. The number of hydrogen-bond donors (Lipinski definition) is 0. The smallest absolute Gasteiger partial charge is 0.195 e. The lowest BCUT2D eigenvalue weighted by molar-refractivity contribution is 0.102. The predicted molar refractivity (Wildman–Crippen MR) is 71.9 cm³/mol. The number of rotatable bonds is 4. The van der Waals surface area contributed by atoms with Crippen LogP contribution in [0.1, 0.15) is 15.9 Å². The number of Topliss-reactive ketones (excluding diaryl/α,β-unsaturated/α-hetero) is 1. The van der Waals surface area contributed by atoms with Crippen LogP contribution in [-0.4, -0.2) is 20.0 Å². The monoisotopic (exact) mass is 291 g/mol. The highest BCUT2D eigenvalue weighted by Gasteiger charge is 2.21. The van der Waals surface area contributed by atoms with Gasteiger partial charge in [0, 0.05) is 5.56 Å². The fraction of sp³-hybridized carbons (Fsp3) is 0.0769. The first-order valence-corrected chi connectivity index (χ1v) is 7.86. The number of benzene rings is 1. The summed E-state index contributed by atoms with van der Waals surface area (Å²) in [6.07, 6.45) is 0. The molecule has 0 saturated heterocycles. The van der Waals surface area contributed by atoms with E-state index in [9.17, 15) is 13.2 Å². The van der Waals surface area contributed by atoms with Crippen LogP contribution in [0, 0.1) is 11.3 Å². The maximum atomic E-state index is 11.9. The molecule has 0 aliphatic heterocycles. The van der Waals surface area contributed by atoms with Gasteiger partial charge in [-0.25, -0.2) is 8.42 Å². The standard InChI is InChI=1S/C13H9NO3S2/c14-8-10-3-5-11(6-4-10)12(15)9-19(16,17)13-2-1-7-18-13/h1-7H,9H2. The van der Waals surface area contributed by atoms with Crippen LogP contribution in [0.15, 0.2) is 46.0 Å². The van der Waals surface area contributed by atoms with Crippen LogP contribution in [0.3, 0.4) is 0 Å². The SMILES string of the molecule is N#Cc1ccc(C(=O)CS(=O)(=O)c2cccs2)cc1. The second-order valence-corrected chi connectivity index (χ2v) is 6.97. The quantitative estimate of drug-likeness (QED) is 0.810. The Labute approximate surface area is 114 Å². The first kappa shape index (κ1) is 13.5. The Bertz CT molecular complexity index is 723. The minimum absolute atomic E-state index is 0.189. The van der Waals surface area contributed by atoms with Gasteiger partial charge in [-0.2, -0.15) is 5.26 Å². The maximum Gasteiger partial charge on any atom is 0.195 e. The molecule has 0 saturated carbocycles. The van der Waals surface area contributed by atoms with E-state index in [4.69, 9.17) is 5.26 Å². The van der Waals surface area contributed by atoms with Gasteiger partial charge in [-0.05, 0) is 23.6 Å². The first-order chi connectivity index (χ1) is 9.03. The number of thiophene rings is 1. The van der Waals surface area contributed by atoms with Crippen LogP contribution in [0.2, 0.25) is 0 Å². The van der Waals surface area contributed by atoms with E-state index in [1.54, 1.807) is 11.4 Å². The van der Waals surface area contributed by atoms with Crippen molar-refractivity contribution in [2.75, 3.05) is 5.75 Å². The highest BCUT2D eigenvalue weighted by molar-refractivity contribution is 7.94. The van der Waals surface area contributed by atoms with Crippen molar-refractivity contribution >= 4 is 27.0 Å². The topological polar surface area (TPSA) is 75.0 Å². The second kappa shape index (κ2) is 5.34. The lowest BCUT2D eigenvalue weighted by Gasteiger charge is -2.02. The Kier molecular flexibility index (Phi) is 3.79. The molecule has 1 aromatic carbocycles. The molecule has 19 heavy (non-hydrogen) atoms. The molecular formula is C13H9NO3S2. The molecule has 0 amide bonds. The number of nitrogens with zero attached hydrogens (tertiary/aromatic N) is 1. The van der Waals surface area contributed by atoms with Gasteiger partial charge in [0.2, 0.25) is 0 Å². The summed E-state index contributed by atoms with van der Waals surface area (Å²) in [6, 6.07) is 11.0. The molecule has 0 radical (unpaired) electrons. The Morgan fingerprint density at radius 3 is 2.42 bits per heavy atom. The van der Waals surface area contributed by atoms with E-state index in [0.29, 0.717) is 11.1 Å². The van der Waals surface area contributed by atoms with Crippen molar-refractivity contribution in [3.05, 3.63) is 52.9 Å². The lowest BCUT2D eigenvalue weighted by atomic mass is 10.1. The lowest BCUT2D eigenvalue weighted by Crippen LogP contribution is -2.15. The molecule has 0 fully saturated rings. The zero-order valence-electron chi connectivity index (χ0n) is 9.74. The number of carbonyl (C=O) groups is 1. The van der Waals surface area contributed by atoms with Crippen LogP contribution >= 0.6 is 11.3 Å². The van der Waals surface area contributed by atoms with E-state index < -0.39 is 21.4 Å². The number of sulfone groups is 1. The number of carbonyl (C=O) groups excluding carboxylic acids is 1. The van der Waals surface area contributed by atoms with E-state index in [-0.39, 0.29) is 4.21 Å². The van der Waals surface area contributed by atoms with Gasteiger partial charge >= 0.3 is 0 Å². The minimum atomic E-state index is -3.58. The van der Waals surface area contributed by atoms with Crippen LogP contribution < -0.4 is 0 Å². The molecule has 2 aromatic rings. The zero-order valence-corrected chi connectivity index (χ0v) is 11.4. The molecule has 1 heterocycles. The number of hydrogen-bond acceptors (Lipinski definition) is 5. The van der Waals surface area contributed by atoms with E-state index in [1.807, 2.05) is 6.07 Å². The molecule has 4 nitrogen and oxygen atoms in total. The second-order valence-electron chi connectivity index (χ2n) is 3.80. The summed E-state index contributed by atoms with van der Waals surface area (Å²) in [5.74, 6) is -1.03. The molecule has 0 spiro atoms. The molecule has 0 unspecified atom stereocenters. The molecule has 1 aromatic heterocycles. The van der Waals surface area contributed by atoms with Crippen LogP contribution in [0.5, 0.6) is 0 Å². The summed E-state index contributed by atoms with van der Waals surface area (Å²) < 4.78 is 24.1. The molecule has 0 N–H and O–H groups in total. The van der Waals surface area contributed by atoms with Gasteiger partial charge in [0.15, 0.2) is 15.6 Å². The summed E-state index contributed by atoms with van der Waals surface area (Å²) in [5, 5.41) is 10.3. The predicted octanol–water partition coefficient (Wildman–Crippen LogP) is 2.28. The summed E-state index contributed by atoms with van der Waals surface area (Å²) >= 11 is 1.09. The van der Waals surface area contributed by atoms with Crippen molar-refractivity contribution in [2.24, 2.45) is 0 Å². The first-order valence-electron chi connectivity index (χ1n) is 5.32. The molecule has 0 aliphatic carbocycles. The van der Waals surface area contributed by atoms with Crippen molar-refractivity contribution in [1.29, 1.82) is 5.26 Å². The van der Waals surface area contributed by atoms with Gasteiger partial charge in [0.1, 0.15) is 9.96 Å². The molecule has 96 valence electrons. The molecule has 0 bridgehead atoms. The Morgan fingerprint density at radius 2 is 1.89 bits per heavy atom. The number of ketones is 1. The molecule has 0 atom stereocenters. The summed E-state index contributed by atoms with van der Waals surface area (Å²) in [5.41, 5.74) is 0.719. The maximum absolute atomic E-state index is 11.9. The van der Waals surface area contributed by atoms with Crippen LogP contribution in [0.4, 0.5) is 0 Å². The molecule has 2 rings (SSSR count). The molecular weight excluding hydrogens is 282 g/mol. The minimum Gasteiger partial charge on any atom is -0.293 e. The fourth-order valence-corrected chi connectivity index (χ4v) is 3.82. The van der Waals surface area contributed by atoms with Gasteiger partial charge in [0.25, 0.3) is 0 Å². The van der Waals surface area contributed by atoms with Crippen molar-refractivity contribution < 1.29 is 13.2 Å². The average Bonchev–Trinajstić information content (AvgIpc) is 2.93. The third-order valence-corrected chi connectivity index (χ3v) is 5.56. The van der Waals surface area contributed by atoms with E-state index in [2.05, 4.69) is 0 Å². The fourth-order valence-electron chi connectivity index (χ4n) is 1.50. The van der Waals surface area contributed by atoms with Crippen molar-refractivity contribution in [2.45, 2.75) is 4.21 Å². The van der Waals surface area contributed by atoms with E-state index >= 15 is 0 Å². The summed E-state index contributed by atoms with van der Waals surface area (Å²) in [4.78, 5) is 11.9. The Balaban J connectivity index is 2.20. The third kappa shape index (κ3) is 3.08. The molecule has 0 aliphatic rings. The number of nitriles is 1. The van der Waals surface area contributed by atoms with Crippen LogP contribution in [-0.2, 0) is 9.84 Å². The van der Waals surface area contributed by atoms with Crippen molar-refractivity contribution in [3.8, 4) is 6.07 Å². The average molecular weight is 291 g/mol. The van der Waals surface area contributed by atoms with Gasteiger partial charge in [0.05, 0.1) is 11.6 Å². The highest BCUT2D eigenvalue weighted by atomic mass is 32.2. The normalized spacial score (nSPS) is 10.9. The Hall–Kier alpha value is -1.97. The van der Waals surface area contributed by atoms with Crippen molar-refractivity contribution in [1.82, 2.24) is 0 Å². The largest absolute Gasteiger partial charge is 0.293 e. The Morgan fingerprint density at radius 1 is 1.21 bits per heavy atom. The van der Waals surface area contributed by atoms with E-state index in [0.717, 1.165) is 11.3 Å². The van der Waals surface area contributed by atoms with Gasteiger partial charge < -0.3 is 0 Å². The van der Waals surface area contributed by atoms with E-state index in [1.165, 1.54) is 30.3 Å². The van der Waals surface area contributed by atoms with Crippen LogP contribution in [0.25, 0.3) is 0 Å². The third-order valence-electron chi connectivity index (χ3n) is 2.46. The van der Waals surface area contributed by atoms with Crippen molar-refractivity contribution in [3.63, 3.8) is 0 Å². The summed E-state index contributed by atoms with van der Waals surface area (Å²) in [6.45, 7) is 0. The molecule has 6 heteroatoms.